The number of hydrogen-bond donors (Lipinski definition) is 1. The van der Waals surface area contributed by atoms with Gasteiger partial charge in [0.05, 0.1) is 15.1 Å². The fourth-order valence-corrected chi connectivity index (χ4v) is 4.39. The van der Waals surface area contributed by atoms with Gasteiger partial charge in [-0.25, -0.2) is 13.1 Å². The van der Waals surface area contributed by atoms with Crippen LogP contribution in [0.4, 0.5) is 0 Å². The summed E-state index contributed by atoms with van der Waals surface area (Å²) in [6.07, 6.45) is 1.47. The van der Waals surface area contributed by atoms with Gasteiger partial charge in [0, 0.05) is 26.3 Å². The van der Waals surface area contributed by atoms with E-state index in [1.54, 1.807) is 22.8 Å². The lowest BCUT2D eigenvalue weighted by Crippen LogP contribution is -2.25. The summed E-state index contributed by atoms with van der Waals surface area (Å²) >= 11 is 1.08. The van der Waals surface area contributed by atoms with E-state index >= 15 is 0 Å². The third-order valence-electron chi connectivity index (χ3n) is 3.36. The number of thiazole rings is 1. The van der Waals surface area contributed by atoms with E-state index in [-0.39, 0.29) is 9.77 Å². The average molecular weight is 358 g/mol. The summed E-state index contributed by atoms with van der Waals surface area (Å²) in [6, 6.07) is 4.82. The highest BCUT2D eigenvalue weighted by Gasteiger charge is 2.16. The van der Waals surface area contributed by atoms with Gasteiger partial charge in [-0.15, -0.1) is 0 Å². The largest absolute Gasteiger partial charge is 0.382 e. The topological polar surface area (TPSA) is 77.4 Å². The Kier molecular flexibility index (Phi) is 6.34. The van der Waals surface area contributed by atoms with E-state index in [1.807, 2.05) is 13.8 Å². The summed E-state index contributed by atoms with van der Waals surface area (Å²) in [5.41, 5.74) is 0.789. The van der Waals surface area contributed by atoms with Crippen molar-refractivity contribution in [3.05, 3.63) is 27.9 Å². The number of sulfonamides is 1. The van der Waals surface area contributed by atoms with Crippen LogP contribution in [-0.4, -0.2) is 32.7 Å². The van der Waals surface area contributed by atoms with Crippen LogP contribution < -0.4 is 9.60 Å². The van der Waals surface area contributed by atoms with Crippen LogP contribution in [0.3, 0.4) is 0 Å². The quantitative estimate of drug-likeness (QED) is 0.697. The molecule has 0 unspecified atom stereocenters. The minimum absolute atomic E-state index is 0.0546. The monoisotopic (exact) mass is 358 g/mol. The molecule has 1 N–H and O–H groups in total. The third-order valence-corrected chi connectivity index (χ3v) is 5.76. The Labute approximate surface area is 140 Å². The zero-order chi connectivity index (χ0) is 16.9. The van der Waals surface area contributed by atoms with Gasteiger partial charge >= 0.3 is 4.87 Å². The summed E-state index contributed by atoms with van der Waals surface area (Å²) in [7, 11) is -3.56. The van der Waals surface area contributed by atoms with Crippen molar-refractivity contribution in [1.82, 2.24) is 9.29 Å². The van der Waals surface area contributed by atoms with Crippen LogP contribution in [0, 0.1) is 0 Å². The summed E-state index contributed by atoms with van der Waals surface area (Å²) in [5, 5.41) is 0. The van der Waals surface area contributed by atoms with Crippen LogP contribution in [0.2, 0.25) is 0 Å². The maximum absolute atomic E-state index is 12.3. The molecule has 0 spiro atoms. The Morgan fingerprint density at radius 2 is 2.09 bits per heavy atom. The van der Waals surface area contributed by atoms with Crippen molar-refractivity contribution in [2.75, 3.05) is 19.8 Å². The second-order valence-electron chi connectivity index (χ2n) is 5.10. The fraction of sp³-hybridized carbons (Fsp3) is 0.533. The van der Waals surface area contributed by atoms with Gasteiger partial charge in [-0.2, -0.15) is 0 Å². The highest BCUT2D eigenvalue weighted by Crippen LogP contribution is 2.22. The normalized spacial score (nSPS) is 12.1. The fourth-order valence-electron chi connectivity index (χ4n) is 2.26. The van der Waals surface area contributed by atoms with Crippen LogP contribution in [0.25, 0.3) is 10.2 Å². The van der Waals surface area contributed by atoms with E-state index in [0.29, 0.717) is 37.4 Å². The Balaban J connectivity index is 2.18. The van der Waals surface area contributed by atoms with Crippen LogP contribution >= 0.6 is 11.3 Å². The molecule has 1 heterocycles. The van der Waals surface area contributed by atoms with E-state index in [9.17, 15) is 13.2 Å². The lowest BCUT2D eigenvalue weighted by atomic mass is 10.3. The van der Waals surface area contributed by atoms with Crippen molar-refractivity contribution in [3.63, 3.8) is 0 Å². The van der Waals surface area contributed by atoms with E-state index in [1.165, 1.54) is 0 Å². The van der Waals surface area contributed by atoms with Gasteiger partial charge in [-0.1, -0.05) is 18.3 Å². The molecule has 8 heteroatoms. The maximum Gasteiger partial charge on any atom is 0.308 e. The van der Waals surface area contributed by atoms with Crippen molar-refractivity contribution in [1.29, 1.82) is 0 Å². The number of rotatable bonds is 9. The molecule has 0 aliphatic heterocycles. The molecule has 2 rings (SSSR count). The summed E-state index contributed by atoms with van der Waals surface area (Å²) in [4.78, 5) is 12.1. The minimum atomic E-state index is -3.56. The van der Waals surface area contributed by atoms with E-state index in [4.69, 9.17) is 4.74 Å². The highest BCUT2D eigenvalue weighted by molar-refractivity contribution is 7.89. The lowest BCUT2D eigenvalue weighted by molar-refractivity contribution is 0.146. The molecule has 23 heavy (non-hydrogen) atoms. The highest BCUT2D eigenvalue weighted by atomic mass is 32.2. The molecule has 128 valence electrons. The summed E-state index contributed by atoms with van der Waals surface area (Å²) in [5.74, 6) is 0. The molecule has 0 aliphatic carbocycles. The average Bonchev–Trinajstić information content (AvgIpc) is 2.83. The molecule has 6 nitrogen and oxygen atoms in total. The van der Waals surface area contributed by atoms with E-state index in [2.05, 4.69) is 4.72 Å². The predicted octanol–water partition coefficient (Wildman–Crippen LogP) is 2.18. The van der Waals surface area contributed by atoms with Crippen molar-refractivity contribution >= 4 is 31.6 Å². The number of ether oxygens (including phenoxy) is 1. The van der Waals surface area contributed by atoms with Crippen LogP contribution in [0.15, 0.2) is 27.9 Å². The van der Waals surface area contributed by atoms with Crippen LogP contribution in [0.1, 0.15) is 26.7 Å². The molecule has 0 atom stereocenters. The molecule has 0 radical (unpaired) electrons. The number of nitrogens with zero attached hydrogens (tertiary/aromatic N) is 1. The lowest BCUT2D eigenvalue weighted by Gasteiger charge is -2.07. The predicted molar refractivity (Wildman–Crippen MR) is 92.7 cm³/mol. The molecule has 0 fully saturated rings. The van der Waals surface area contributed by atoms with Crippen LogP contribution in [0.5, 0.6) is 0 Å². The Bertz CT molecular complexity index is 808. The Hall–Kier alpha value is -1.22. The number of nitrogens with one attached hydrogen (secondary N) is 1. The second kappa shape index (κ2) is 8.05. The number of hydrogen-bond acceptors (Lipinski definition) is 5. The molecule has 2 aromatic rings. The number of benzene rings is 1. The summed E-state index contributed by atoms with van der Waals surface area (Å²) < 4.78 is 34.7. The SMILES string of the molecule is CCCn1c(=O)sc2cc(S(=O)(=O)NCCCOCC)ccc21. The first-order valence-corrected chi connectivity index (χ1v) is 10.0. The van der Waals surface area contributed by atoms with Gasteiger partial charge in [0.2, 0.25) is 10.0 Å². The molecule has 0 bridgehead atoms. The molecular formula is C15H22N2O4S2. The van der Waals surface area contributed by atoms with Gasteiger partial charge in [0.1, 0.15) is 0 Å². The smallest absolute Gasteiger partial charge is 0.308 e. The Morgan fingerprint density at radius 3 is 2.78 bits per heavy atom. The maximum atomic E-state index is 12.3. The van der Waals surface area contributed by atoms with Crippen LogP contribution in [-0.2, 0) is 21.3 Å². The molecule has 0 saturated carbocycles. The standard InChI is InChI=1S/C15H22N2O4S2/c1-3-9-17-13-7-6-12(11-14(13)22-15(17)18)23(19,20)16-8-5-10-21-4-2/h6-7,11,16H,3-5,8-10H2,1-2H3. The van der Waals surface area contributed by atoms with E-state index in [0.717, 1.165) is 23.3 Å². The Morgan fingerprint density at radius 1 is 1.30 bits per heavy atom. The van der Waals surface area contributed by atoms with Gasteiger partial charge < -0.3 is 4.74 Å². The second-order valence-corrected chi connectivity index (χ2v) is 7.86. The number of aryl methyl sites for hydroxylation is 1. The zero-order valence-corrected chi connectivity index (χ0v) is 15.0. The molecular weight excluding hydrogens is 336 g/mol. The van der Waals surface area contributed by atoms with E-state index < -0.39 is 10.0 Å². The molecule has 0 saturated heterocycles. The first kappa shape index (κ1) is 18.1. The van der Waals surface area contributed by atoms with Gasteiger partial charge in [-0.05, 0) is 38.0 Å². The first-order chi connectivity index (χ1) is 11.0. The number of aromatic nitrogens is 1. The molecule has 1 aromatic carbocycles. The number of fused-ring (bicyclic) bond motifs is 1. The van der Waals surface area contributed by atoms with Crippen molar-refractivity contribution < 1.29 is 13.2 Å². The molecule has 1 aromatic heterocycles. The minimum Gasteiger partial charge on any atom is -0.382 e. The third kappa shape index (κ3) is 4.41. The molecule has 0 amide bonds. The summed E-state index contributed by atoms with van der Waals surface area (Å²) in [6.45, 7) is 6.02. The van der Waals surface area contributed by atoms with Crippen molar-refractivity contribution in [3.8, 4) is 0 Å². The zero-order valence-electron chi connectivity index (χ0n) is 13.4. The van der Waals surface area contributed by atoms with Gasteiger partial charge in [-0.3, -0.25) is 9.36 Å². The van der Waals surface area contributed by atoms with Crippen molar-refractivity contribution in [2.24, 2.45) is 0 Å². The molecule has 0 aliphatic rings. The van der Waals surface area contributed by atoms with Crippen molar-refractivity contribution in [2.45, 2.75) is 38.1 Å². The van der Waals surface area contributed by atoms with Gasteiger partial charge in [0.25, 0.3) is 0 Å². The first-order valence-electron chi connectivity index (χ1n) is 7.70. The van der Waals surface area contributed by atoms with Gasteiger partial charge in [0.15, 0.2) is 0 Å².